The predicted octanol–water partition coefficient (Wildman–Crippen LogP) is 2.36. The van der Waals surface area contributed by atoms with Crippen LogP contribution >= 0.6 is 0 Å². The van der Waals surface area contributed by atoms with Gasteiger partial charge < -0.3 is 16.2 Å². The first-order chi connectivity index (χ1) is 9.65. The second-order valence-electron chi connectivity index (χ2n) is 6.56. The fourth-order valence-electron chi connectivity index (χ4n) is 3.80. The number of aliphatic hydroxyl groups is 1. The van der Waals surface area contributed by atoms with E-state index >= 15 is 0 Å². The number of anilines is 1. The number of hydrogen-bond donors (Lipinski definition) is 3. The molecular formula is C16H23N3O. The SMILES string of the molecule is NC(=NCC1(CO)CC2(CCC2)C1)Nc1ccccc1. The number of nitrogens with two attached hydrogens (primary N) is 1. The third kappa shape index (κ3) is 2.52. The minimum Gasteiger partial charge on any atom is -0.396 e. The summed E-state index contributed by atoms with van der Waals surface area (Å²) in [5.74, 6) is 0.429. The highest BCUT2D eigenvalue weighted by Crippen LogP contribution is 2.64. The Morgan fingerprint density at radius 3 is 2.50 bits per heavy atom. The zero-order valence-electron chi connectivity index (χ0n) is 11.8. The van der Waals surface area contributed by atoms with Gasteiger partial charge in [-0.2, -0.15) is 0 Å². The number of rotatable bonds is 4. The molecule has 2 saturated carbocycles. The number of nitrogens with zero attached hydrogens (tertiary/aromatic N) is 1. The topological polar surface area (TPSA) is 70.6 Å². The van der Waals surface area contributed by atoms with E-state index in [9.17, 15) is 5.11 Å². The fourth-order valence-corrected chi connectivity index (χ4v) is 3.80. The van der Waals surface area contributed by atoms with E-state index in [2.05, 4.69) is 10.3 Å². The molecule has 0 saturated heterocycles. The third-order valence-electron chi connectivity index (χ3n) is 4.88. The molecular weight excluding hydrogens is 250 g/mol. The Bertz CT molecular complexity index is 486. The first-order valence-corrected chi connectivity index (χ1v) is 7.38. The van der Waals surface area contributed by atoms with Gasteiger partial charge in [0.1, 0.15) is 0 Å². The number of nitrogens with one attached hydrogen (secondary N) is 1. The van der Waals surface area contributed by atoms with Crippen LogP contribution in [0.25, 0.3) is 0 Å². The third-order valence-corrected chi connectivity index (χ3v) is 4.88. The zero-order valence-corrected chi connectivity index (χ0v) is 11.8. The minimum absolute atomic E-state index is 0.0244. The molecule has 0 aliphatic heterocycles. The molecule has 20 heavy (non-hydrogen) atoms. The van der Waals surface area contributed by atoms with Crippen molar-refractivity contribution in [2.75, 3.05) is 18.5 Å². The summed E-state index contributed by atoms with van der Waals surface area (Å²) in [6.45, 7) is 0.841. The second kappa shape index (κ2) is 5.09. The molecule has 1 aromatic carbocycles. The summed E-state index contributed by atoms with van der Waals surface area (Å²) in [5, 5.41) is 12.7. The average Bonchev–Trinajstić information content (AvgIpc) is 2.37. The van der Waals surface area contributed by atoms with Crippen molar-refractivity contribution in [3.05, 3.63) is 30.3 Å². The van der Waals surface area contributed by atoms with Crippen LogP contribution in [-0.4, -0.2) is 24.2 Å². The summed E-state index contributed by atoms with van der Waals surface area (Å²) >= 11 is 0. The molecule has 0 atom stereocenters. The lowest BCUT2D eigenvalue weighted by atomic mass is 9.45. The Labute approximate surface area is 120 Å². The lowest BCUT2D eigenvalue weighted by molar-refractivity contribution is -0.114. The van der Waals surface area contributed by atoms with Crippen LogP contribution in [0.15, 0.2) is 35.3 Å². The van der Waals surface area contributed by atoms with Gasteiger partial charge in [-0.3, -0.25) is 4.99 Å². The zero-order chi connectivity index (χ0) is 14.1. The normalized spacial score (nSPS) is 22.9. The van der Waals surface area contributed by atoms with Gasteiger partial charge in [0.15, 0.2) is 5.96 Å². The molecule has 0 unspecified atom stereocenters. The highest BCUT2D eigenvalue weighted by molar-refractivity contribution is 5.92. The molecule has 2 fully saturated rings. The van der Waals surface area contributed by atoms with Gasteiger partial charge in [-0.1, -0.05) is 24.6 Å². The summed E-state index contributed by atoms with van der Waals surface area (Å²) in [6, 6.07) is 9.79. The number of aliphatic hydroxyl groups excluding tert-OH is 1. The standard InChI is InChI=1S/C16H23N3O/c17-14(19-13-5-2-1-3-6-13)18-11-16(12-20)9-15(10-16)7-4-8-15/h1-3,5-6,20H,4,7-12H2,(H3,17,18,19). The van der Waals surface area contributed by atoms with Crippen molar-refractivity contribution < 1.29 is 5.11 Å². The molecule has 2 aliphatic carbocycles. The molecule has 4 heteroatoms. The van der Waals surface area contributed by atoms with E-state index < -0.39 is 0 Å². The molecule has 2 aliphatic rings. The fraction of sp³-hybridized carbons (Fsp3) is 0.562. The van der Waals surface area contributed by atoms with Gasteiger partial charge in [0.25, 0.3) is 0 Å². The largest absolute Gasteiger partial charge is 0.396 e. The molecule has 1 spiro atoms. The summed E-state index contributed by atoms with van der Waals surface area (Å²) < 4.78 is 0. The quantitative estimate of drug-likeness (QED) is 0.582. The molecule has 1 aromatic rings. The van der Waals surface area contributed by atoms with Crippen molar-refractivity contribution in [1.29, 1.82) is 0 Å². The van der Waals surface area contributed by atoms with Crippen LogP contribution in [0.1, 0.15) is 32.1 Å². The molecule has 0 radical (unpaired) electrons. The van der Waals surface area contributed by atoms with Crippen molar-refractivity contribution in [2.24, 2.45) is 21.6 Å². The van der Waals surface area contributed by atoms with Crippen LogP contribution in [0.3, 0.4) is 0 Å². The Morgan fingerprint density at radius 2 is 1.95 bits per heavy atom. The lowest BCUT2D eigenvalue weighted by Gasteiger charge is -2.60. The molecule has 4 N–H and O–H groups in total. The molecule has 0 aromatic heterocycles. The smallest absolute Gasteiger partial charge is 0.193 e. The molecule has 4 nitrogen and oxygen atoms in total. The number of aliphatic imine (C=N–C) groups is 1. The van der Waals surface area contributed by atoms with Crippen molar-refractivity contribution >= 4 is 11.6 Å². The number of benzene rings is 1. The average molecular weight is 273 g/mol. The minimum atomic E-state index is -0.0244. The van der Waals surface area contributed by atoms with Gasteiger partial charge in [-0.25, -0.2) is 0 Å². The Kier molecular flexibility index (Phi) is 3.42. The van der Waals surface area contributed by atoms with Crippen LogP contribution in [0, 0.1) is 10.8 Å². The van der Waals surface area contributed by atoms with Gasteiger partial charge in [-0.15, -0.1) is 0 Å². The van der Waals surface area contributed by atoms with Crippen LogP contribution < -0.4 is 11.1 Å². The summed E-state index contributed by atoms with van der Waals surface area (Å²) in [6.07, 6.45) is 6.23. The highest BCUT2D eigenvalue weighted by atomic mass is 16.3. The molecule has 0 bridgehead atoms. The van der Waals surface area contributed by atoms with E-state index in [-0.39, 0.29) is 12.0 Å². The monoisotopic (exact) mass is 273 g/mol. The van der Waals surface area contributed by atoms with Crippen molar-refractivity contribution in [3.8, 4) is 0 Å². The highest BCUT2D eigenvalue weighted by Gasteiger charge is 2.56. The number of guanidine groups is 1. The lowest BCUT2D eigenvalue weighted by Crippen LogP contribution is -2.54. The maximum Gasteiger partial charge on any atom is 0.193 e. The van der Waals surface area contributed by atoms with Gasteiger partial charge in [-0.05, 0) is 43.2 Å². The Hall–Kier alpha value is -1.55. The molecule has 0 amide bonds. The van der Waals surface area contributed by atoms with E-state index in [4.69, 9.17) is 5.73 Å². The molecule has 0 heterocycles. The first-order valence-electron chi connectivity index (χ1n) is 7.38. The van der Waals surface area contributed by atoms with E-state index in [0.29, 0.717) is 17.9 Å². The second-order valence-corrected chi connectivity index (χ2v) is 6.56. The summed E-state index contributed by atoms with van der Waals surface area (Å²) in [7, 11) is 0. The maximum absolute atomic E-state index is 9.66. The van der Waals surface area contributed by atoms with E-state index in [1.165, 1.54) is 19.3 Å². The number of hydrogen-bond acceptors (Lipinski definition) is 2. The molecule has 108 valence electrons. The van der Waals surface area contributed by atoms with Crippen LogP contribution in [0.4, 0.5) is 5.69 Å². The van der Waals surface area contributed by atoms with E-state index in [1.807, 2.05) is 30.3 Å². The number of para-hydroxylation sites is 1. The maximum atomic E-state index is 9.66. The molecule has 3 rings (SSSR count). The van der Waals surface area contributed by atoms with Crippen LogP contribution in [-0.2, 0) is 0 Å². The Morgan fingerprint density at radius 1 is 1.25 bits per heavy atom. The van der Waals surface area contributed by atoms with Gasteiger partial charge in [0.05, 0.1) is 13.2 Å². The van der Waals surface area contributed by atoms with Gasteiger partial charge in [0, 0.05) is 11.1 Å². The summed E-state index contributed by atoms with van der Waals surface area (Å²) in [4.78, 5) is 4.43. The van der Waals surface area contributed by atoms with Crippen molar-refractivity contribution in [2.45, 2.75) is 32.1 Å². The summed E-state index contributed by atoms with van der Waals surface area (Å²) in [5.41, 5.74) is 7.38. The Balaban J connectivity index is 1.56. The van der Waals surface area contributed by atoms with Crippen LogP contribution in [0.5, 0.6) is 0 Å². The predicted molar refractivity (Wildman–Crippen MR) is 81.6 cm³/mol. The van der Waals surface area contributed by atoms with Crippen molar-refractivity contribution in [3.63, 3.8) is 0 Å². The first kappa shape index (κ1) is 13.4. The van der Waals surface area contributed by atoms with Gasteiger partial charge in [0.2, 0.25) is 0 Å². The van der Waals surface area contributed by atoms with Crippen molar-refractivity contribution in [1.82, 2.24) is 0 Å². The van der Waals surface area contributed by atoms with E-state index in [1.54, 1.807) is 0 Å². The van der Waals surface area contributed by atoms with Crippen LogP contribution in [0.2, 0.25) is 0 Å². The van der Waals surface area contributed by atoms with Gasteiger partial charge >= 0.3 is 0 Å². The van der Waals surface area contributed by atoms with E-state index in [0.717, 1.165) is 18.5 Å².